The summed E-state index contributed by atoms with van der Waals surface area (Å²) in [6.07, 6.45) is 1.71. The lowest BCUT2D eigenvalue weighted by Gasteiger charge is -2.18. The summed E-state index contributed by atoms with van der Waals surface area (Å²) < 4.78 is 5.18. The Kier molecular flexibility index (Phi) is 6.11. The molecular formula is C18H23N3O2. The largest absolute Gasteiger partial charge is 0.497 e. The molecule has 0 aliphatic heterocycles. The Morgan fingerprint density at radius 2 is 1.96 bits per heavy atom. The third kappa shape index (κ3) is 4.79. The van der Waals surface area contributed by atoms with Crippen LogP contribution in [0.2, 0.25) is 0 Å². The highest BCUT2D eigenvalue weighted by Crippen LogP contribution is 2.25. The van der Waals surface area contributed by atoms with Crippen molar-refractivity contribution in [1.82, 2.24) is 15.2 Å². The van der Waals surface area contributed by atoms with E-state index >= 15 is 0 Å². The number of aromatic nitrogens is 1. The summed E-state index contributed by atoms with van der Waals surface area (Å²) in [6.45, 7) is 1.40. The third-order valence-corrected chi connectivity index (χ3v) is 3.55. The molecule has 5 heteroatoms. The highest BCUT2D eigenvalue weighted by atomic mass is 16.5. The molecule has 2 rings (SSSR count). The molecular weight excluding hydrogens is 290 g/mol. The van der Waals surface area contributed by atoms with Gasteiger partial charge in [0.15, 0.2) is 0 Å². The van der Waals surface area contributed by atoms with Crippen LogP contribution >= 0.6 is 0 Å². The molecule has 0 fully saturated rings. The molecule has 1 aromatic carbocycles. The minimum absolute atomic E-state index is 0.0456. The standard InChI is InChI=1S/C18H23N3O2/c1-21(2)13-12-20-18(22)17(16-6-4-5-11-19-16)14-7-9-15(23-3)10-8-14/h4-11,17H,12-13H2,1-3H3,(H,20,22). The van der Waals surface area contributed by atoms with E-state index in [9.17, 15) is 4.79 Å². The summed E-state index contributed by atoms with van der Waals surface area (Å²) in [5.41, 5.74) is 1.63. The number of carbonyl (C=O) groups excluding carboxylic acids is 1. The summed E-state index contributed by atoms with van der Waals surface area (Å²) in [5, 5.41) is 2.99. The summed E-state index contributed by atoms with van der Waals surface area (Å²) in [6, 6.07) is 13.1. The molecule has 2 aromatic rings. The molecule has 0 aliphatic carbocycles. The number of hydrogen-bond donors (Lipinski definition) is 1. The lowest BCUT2D eigenvalue weighted by molar-refractivity contribution is -0.121. The van der Waals surface area contributed by atoms with Crippen molar-refractivity contribution >= 4 is 5.91 Å². The first-order chi connectivity index (χ1) is 11.1. The molecule has 0 aliphatic rings. The van der Waals surface area contributed by atoms with Gasteiger partial charge in [-0.05, 0) is 43.9 Å². The van der Waals surface area contributed by atoms with E-state index in [1.165, 1.54) is 0 Å². The number of amides is 1. The summed E-state index contributed by atoms with van der Waals surface area (Å²) in [5.74, 6) is 0.293. The van der Waals surface area contributed by atoms with E-state index in [0.29, 0.717) is 6.54 Å². The first-order valence-electron chi connectivity index (χ1n) is 7.59. The number of carbonyl (C=O) groups is 1. The van der Waals surface area contributed by atoms with Crippen LogP contribution in [0.25, 0.3) is 0 Å². The number of pyridine rings is 1. The van der Waals surface area contributed by atoms with Gasteiger partial charge in [-0.3, -0.25) is 9.78 Å². The summed E-state index contributed by atoms with van der Waals surface area (Å²) in [4.78, 5) is 19.1. The van der Waals surface area contributed by atoms with Crippen LogP contribution in [0.1, 0.15) is 17.2 Å². The highest BCUT2D eigenvalue weighted by molar-refractivity contribution is 5.86. The van der Waals surface area contributed by atoms with Gasteiger partial charge in [-0.1, -0.05) is 18.2 Å². The van der Waals surface area contributed by atoms with Gasteiger partial charge < -0.3 is 15.0 Å². The molecule has 0 saturated carbocycles. The molecule has 0 bridgehead atoms. The van der Waals surface area contributed by atoms with Crippen molar-refractivity contribution in [2.75, 3.05) is 34.3 Å². The van der Waals surface area contributed by atoms with E-state index in [-0.39, 0.29) is 5.91 Å². The fraction of sp³-hybridized carbons (Fsp3) is 0.333. The zero-order valence-corrected chi connectivity index (χ0v) is 13.8. The third-order valence-electron chi connectivity index (χ3n) is 3.55. The monoisotopic (exact) mass is 313 g/mol. The molecule has 0 saturated heterocycles. The van der Waals surface area contributed by atoms with E-state index in [0.717, 1.165) is 23.6 Å². The number of nitrogens with one attached hydrogen (secondary N) is 1. The Hall–Kier alpha value is -2.40. The van der Waals surface area contributed by atoms with Gasteiger partial charge in [0.25, 0.3) is 0 Å². The molecule has 1 aromatic heterocycles. The van der Waals surface area contributed by atoms with Crippen LogP contribution < -0.4 is 10.1 Å². The van der Waals surface area contributed by atoms with E-state index < -0.39 is 5.92 Å². The quantitative estimate of drug-likeness (QED) is 0.848. The van der Waals surface area contributed by atoms with Gasteiger partial charge in [0, 0.05) is 19.3 Å². The van der Waals surface area contributed by atoms with Crippen LogP contribution in [0.5, 0.6) is 5.75 Å². The van der Waals surface area contributed by atoms with Gasteiger partial charge in [-0.2, -0.15) is 0 Å². The molecule has 0 radical (unpaired) electrons. The van der Waals surface area contributed by atoms with Gasteiger partial charge in [0.1, 0.15) is 11.7 Å². The number of likely N-dealkylation sites (N-methyl/N-ethyl adjacent to an activating group) is 1. The molecule has 0 spiro atoms. The lowest BCUT2D eigenvalue weighted by atomic mass is 9.94. The fourth-order valence-electron chi connectivity index (χ4n) is 2.30. The van der Waals surface area contributed by atoms with Crippen molar-refractivity contribution in [3.8, 4) is 5.75 Å². The van der Waals surface area contributed by atoms with E-state index in [1.807, 2.05) is 61.5 Å². The number of rotatable bonds is 7. The van der Waals surface area contributed by atoms with E-state index in [4.69, 9.17) is 4.74 Å². The second-order valence-electron chi connectivity index (χ2n) is 5.56. The minimum Gasteiger partial charge on any atom is -0.497 e. The highest BCUT2D eigenvalue weighted by Gasteiger charge is 2.23. The molecule has 1 N–H and O–H groups in total. The molecule has 23 heavy (non-hydrogen) atoms. The predicted molar refractivity (Wildman–Crippen MR) is 90.6 cm³/mol. The van der Waals surface area contributed by atoms with E-state index in [2.05, 4.69) is 10.3 Å². The lowest BCUT2D eigenvalue weighted by Crippen LogP contribution is -2.35. The Bertz CT molecular complexity index is 612. The van der Waals surface area contributed by atoms with Crippen molar-refractivity contribution in [3.05, 3.63) is 59.9 Å². The zero-order chi connectivity index (χ0) is 16.7. The number of methoxy groups -OCH3 is 1. The van der Waals surface area contributed by atoms with Gasteiger partial charge in [-0.25, -0.2) is 0 Å². The van der Waals surface area contributed by atoms with Crippen LogP contribution in [-0.2, 0) is 4.79 Å². The van der Waals surface area contributed by atoms with Crippen molar-refractivity contribution in [2.24, 2.45) is 0 Å². The zero-order valence-electron chi connectivity index (χ0n) is 13.8. The van der Waals surface area contributed by atoms with Gasteiger partial charge >= 0.3 is 0 Å². The Balaban J connectivity index is 2.22. The van der Waals surface area contributed by atoms with Gasteiger partial charge in [0.2, 0.25) is 5.91 Å². The average molecular weight is 313 g/mol. The first kappa shape index (κ1) is 17.0. The topological polar surface area (TPSA) is 54.5 Å². The second-order valence-corrected chi connectivity index (χ2v) is 5.56. The SMILES string of the molecule is COc1ccc(C(C(=O)NCCN(C)C)c2ccccn2)cc1. The van der Waals surface area contributed by atoms with Gasteiger partial charge in [0.05, 0.1) is 12.8 Å². The molecule has 1 unspecified atom stereocenters. The number of hydrogen-bond acceptors (Lipinski definition) is 4. The van der Waals surface area contributed by atoms with Crippen LogP contribution in [0, 0.1) is 0 Å². The maximum absolute atomic E-state index is 12.7. The Morgan fingerprint density at radius 1 is 1.22 bits per heavy atom. The van der Waals surface area contributed by atoms with Gasteiger partial charge in [-0.15, -0.1) is 0 Å². The maximum atomic E-state index is 12.7. The predicted octanol–water partition coefficient (Wildman–Crippen LogP) is 1.90. The molecule has 1 atom stereocenters. The maximum Gasteiger partial charge on any atom is 0.233 e. The fourth-order valence-corrected chi connectivity index (χ4v) is 2.30. The van der Waals surface area contributed by atoms with E-state index in [1.54, 1.807) is 13.3 Å². The van der Waals surface area contributed by atoms with Crippen molar-refractivity contribution in [2.45, 2.75) is 5.92 Å². The molecule has 5 nitrogen and oxygen atoms in total. The number of benzene rings is 1. The van der Waals surface area contributed by atoms with Crippen molar-refractivity contribution in [1.29, 1.82) is 0 Å². The number of ether oxygens (including phenoxy) is 1. The van der Waals surface area contributed by atoms with Crippen LogP contribution in [0.3, 0.4) is 0 Å². The second kappa shape index (κ2) is 8.29. The molecule has 1 amide bonds. The Labute approximate surface area is 137 Å². The van der Waals surface area contributed by atoms with Crippen molar-refractivity contribution in [3.63, 3.8) is 0 Å². The summed E-state index contributed by atoms with van der Waals surface area (Å²) >= 11 is 0. The summed E-state index contributed by atoms with van der Waals surface area (Å²) in [7, 11) is 5.58. The van der Waals surface area contributed by atoms with Crippen LogP contribution in [-0.4, -0.2) is 50.1 Å². The average Bonchev–Trinajstić information content (AvgIpc) is 2.56. The molecule has 122 valence electrons. The van der Waals surface area contributed by atoms with Crippen LogP contribution in [0.4, 0.5) is 0 Å². The first-order valence-corrected chi connectivity index (χ1v) is 7.59. The minimum atomic E-state index is -0.427. The Morgan fingerprint density at radius 3 is 2.52 bits per heavy atom. The smallest absolute Gasteiger partial charge is 0.233 e. The number of nitrogens with zero attached hydrogens (tertiary/aromatic N) is 2. The normalized spacial score (nSPS) is 12.0. The van der Waals surface area contributed by atoms with Crippen LogP contribution in [0.15, 0.2) is 48.7 Å². The van der Waals surface area contributed by atoms with Crippen molar-refractivity contribution < 1.29 is 9.53 Å². The molecule has 1 heterocycles.